The smallest absolute Gasteiger partial charge is 0.110 e. The fourth-order valence-electron chi connectivity index (χ4n) is 4.04. The largest absolute Gasteiger partial charge is 0.298 e. The molecule has 2 fully saturated rings. The zero-order chi connectivity index (χ0) is 16.6. The number of thiazole rings is 1. The lowest BCUT2D eigenvalue weighted by atomic mass is 9.92. The van der Waals surface area contributed by atoms with Crippen LogP contribution in [0.1, 0.15) is 34.0 Å². The Balaban J connectivity index is 1.28. The summed E-state index contributed by atoms with van der Waals surface area (Å²) in [6.07, 6.45) is 5.85. The van der Waals surface area contributed by atoms with Crippen LogP contribution in [0.15, 0.2) is 23.7 Å². The van der Waals surface area contributed by atoms with E-state index < -0.39 is 0 Å². The van der Waals surface area contributed by atoms with E-state index in [0.717, 1.165) is 24.0 Å². The Kier molecular flexibility index (Phi) is 4.44. The summed E-state index contributed by atoms with van der Waals surface area (Å²) < 4.78 is 0. The number of nitriles is 1. The minimum Gasteiger partial charge on any atom is -0.298 e. The van der Waals surface area contributed by atoms with Crippen molar-refractivity contribution in [3.8, 4) is 6.07 Å². The van der Waals surface area contributed by atoms with Crippen molar-refractivity contribution in [2.45, 2.75) is 38.4 Å². The summed E-state index contributed by atoms with van der Waals surface area (Å²) in [4.78, 5) is 11.6. The molecule has 1 atom stereocenters. The first-order valence-electron chi connectivity index (χ1n) is 8.48. The first-order valence-corrected chi connectivity index (χ1v) is 10.2. The SMILES string of the molecule is CN(Cc1nccs1)C1CC12CCN(Cc1ccc(C#N)s1)CC2. The van der Waals surface area contributed by atoms with Gasteiger partial charge in [0.1, 0.15) is 16.0 Å². The minimum absolute atomic E-state index is 0.551. The van der Waals surface area contributed by atoms with E-state index in [-0.39, 0.29) is 0 Å². The Labute approximate surface area is 151 Å². The molecule has 24 heavy (non-hydrogen) atoms. The van der Waals surface area contributed by atoms with Gasteiger partial charge in [-0.2, -0.15) is 5.26 Å². The maximum atomic E-state index is 8.95. The Morgan fingerprint density at radius 2 is 2.25 bits per heavy atom. The van der Waals surface area contributed by atoms with Crippen LogP contribution in [-0.4, -0.2) is 41.0 Å². The van der Waals surface area contributed by atoms with Gasteiger partial charge >= 0.3 is 0 Å². The van der Waals surface area contributed by atoms with Crippen molar-refractivity contribution in [2.75, 3.05) is 20.1 Å². The minimum atomic E-state index is 0.551. The van der Waals surface area contributed by atoms with Gasteiger partial charge in [-0.1, -0.05) is 0 Å². The van der Waals surface area contributed by atoms with Crippen molar-refractivity contribution in [1.29, 1.82) is 5.26 Å². The van der Waals surface area contributed by atoms with Gasteiger partial charge in [-0.3, -0.25) is 9.80 Å². The lowest BCUT2D eigenvalue weighted by Gasteiger charge is -2.33. The van der Waals surface area contributed by atoms with Gasteiger partial charge in [0.05, 0.1) is 6.54 Å². The van der Waals surface area contributed by atoms with Gasteiger partial charge in [0.15, 0.2) is 0 Å². The second-order valence-corrected chi connectivity index (χ2v) is 9.22. The highest BCUT2D eigenvalue weighted by atomic mass is 32.1. The molecular weight excluding hydrogens is 336 g/mol. The van der Waals surface area contributed by atoms with E-state index in [4.69, 9.17) is 5.26 Å². The number of hydrogen-bond donors (Lipinski definition) is 0. The summed E-state index contributed by atoms with van der Waals surface area (Å²) in [5, 5.41) is 12.2. The molecule has 1 aliphatic carbocycles. The molecule has 0 N–H and O–H groups in total. The highest BCUT2D eigenvalue weighted by Gasteiger charge is 2.56. The Bertz CT molecular complexity index is 723. The van der Waals surface area contributed by atoms with Crippen LogP contribution in [0.4, 0.5) is 0 Å². The van der Waals surface area contributed by atoms with E-state index in [0.29, 0.717) is 5.41 Å². The molecule has 3 heterocycles. The van der Waals surface area contributed by atoms with Gasteiger partial charge in [-0.15, -0.1) is 22.7 Å². The molecule has 1 saturated carbocycles. The molecule has 4 nitrogen and oxygen atoms in total. The normalized spacial score (nSPS) is 22.8. The fourth-order valence-corrected chi connectivity index (χ4v) is 5.57. The summed E-state index contributed by atoms with van der Waals surface area (Å²) in [5.41, 5.74) is 0.551. The first-order chi connectivity index (χ1) is 11.7. The number of piperidine rings is 1. The lowest BCUT2D eigenvalue weighted by molar-refractivity contribution is 0.140. The monoisotopic (exact) mass is 358 g/mol. The second kappa shape index (κ2) is 6.57. The summed E-state index contributed by atoms with van der Waals surface area (Å²) in [6.45, 7) is 4.35. The summed E-state index contributed by atoms with van der Waals surface area (Å²) >= 11 is 3.39. The summed E-state index contributed by atoms with van der Waals surface area (Å²) in [5.74, 6) is 0. The molecule has 2 aromatic rings. The summed E-state index contributed by atoms with van der Waals surface area (Å²) in [6, 6.07) is 7.01. The maximum Gasteiger partial charge on any atom is 0.110 e. The van der Waals surface area contributed by atoms with Gasteiger partial charge < -0.3 is 0 Å². The molecule has 0 aromatic carbocycles. The third-order valence-electron chi connectivity index (χ3n) is 5.55. The topological polar surface area (TPSA) is 43.2 Å². The fraction of sp³-hybridized carbons (Fsp3) is 0.556. The van der Waals surface area contributed by atoms with E-state index in [1.807, 2.05) is 12.3 Å². The quantitative estimate of drug-likeness (QED) is 0.820. The van der Waals surface area contributed by atoms with Crippen LogP contribution in [0.25, 0.3) is 0 Å². The number of aromatic nitrogens is 1. The van der Waals surface area contributed by atoms with Gasteiger partial charge in [-0.25, -0.2) is 4.98 Å². The highest BCUT2D eigenvalue weighted by molar-refractivity contribution is 7.12. The van der Waals surface area contributed by atoms with E-state index in [1.165, 1.54) is 42.2 Å². The zero-order valence-corrected chi connectivity index (χ0v) is 15.6. The summed E-state index contributed by atoms with van der Waals surface area (Å²) in [7, 11) is 2.25. The van der Waals surface area contributed by atoms with Crippen LogP contribution in [0.2, 0.25) is 0 Å². The standard InChI is InChI=1S/C18H22N4S2/c1-21(13-17-20-6-9-23-17)16-10-18(16)4-7-22(8-5-18)12-15-3-2-14(11-19)24-15/h2-3,6,9,16H,4-5,7-8,10,12-13H2,1H3. The zero-order valence-electron chi connectivity index (χ0n) is 13.9. The molecule has 4 rings (SSSR count). The van der Waals surface area contributed by atoms with Crippen LogP contribution >= 0.6 is 22.7 Å². The second-order valence-electron chi connectivity index (χ2n) is 7.08. The van der Waals surface area contributed by atoms with Gasteiger partial charge in [0.2, 0.25) is 0 Å². The molecule has 2 aliphatic rings. The molecule has 0 radical (unpaired) electrons. The number of rotatable bonds is 5. The highest BCUT2D eigenvalue weighted by Crippen LogP contribution is 2.56. The molecule has 1 aliphatic heterocycles. The molecule has 1 saturated heterocycles. The molecule has 0 amide bonds. The molecule has 0 bridgehead atoms. The predicted molar refractivity (Wildman–Crippen MR) is 98.0 cm³/mol. The van der Waals surface area contributed by atoms with Crippen molar-refractivity contribution in [3.63, 3.8) is 0 Å². The predicted octanol–water partition coefficient (Wildman–Crippen LogP) is 3.56. The van der Waals surface area contributed by atoms with Gasteiger partial charge in [0, 0.05) is 29.0 Å². The van der Waals surface area contributed by atoms with E-state index >= 15 is 0 Å². The Morgan fingerprint density at radius 1 is 1.42 bits per heavy atom. The molecule has 1 spiro atoms. The van der Waals surface area contributed by atoms with Gasteiger partial charge in [0.25, 0.3) is 0 Å². The average Bonchev–Trinajstić information content (AvgIpc) is 2.97. The lowest BCUT2D eigenvalue weighted by Crippen LogP contribution is -2.37. The molecule has 1 unspecified atom stereocenters. The van der Waals surface area contributed by atoms with Gasteiger partial charge in [-0.05, 0) is 56.9 Å². The molecular formula is C18H22N4S2. The van der Waals surface area contributed by atoms with Crippen molar-refractivity contribution < 1.29 is 0 Å². The van der Waals surface area contributed by atoms with Crippen molar-refractivity contribution >= 4 is 22.7 Å². The van der Waals surface area contributed by atoms with Crippen LogP contribution in [0.3, 0.4) is 0 Å². The van der Waals surface area contributed by atoms with E-state index in [2.05, 4.69) is 39.3 Å². The average molecular weight is 359 g/mol. The van der Waals surface area contributed by atoms with Crippen LogP contribution in [-0.2, 0) is 13.1 Å². The molecule has 126 valence electrons. The third kappa shape index (κ3) is 3.27. The van der Waals surface area contributed by atoms with Crippen molar-refractivity contribution in [2.24, 2.45) is 5.41 Å². The number of thiophene rings is 1. The van der Waals surface area contributed by atoms with E-state index in [1.54, 1.807) is 22.7 Å². The Morgan fingerprint density at radius 3 is 2.92 bits per heavy atom. The first kappa shape index (κ1) is 16.2. The molecule has 6 heteroatoms. The number of nitrogens with zero attached hydrogens (tertiary/aromatic N) is 4. The van der Waals surface area contributed by atoms with Crippen molar-refractivity contribution in [3.05, 3.63) is 38.5 Å². The van der Waals surface area contributed by atoms with Crippen LogP contribution < -0.4 is 0 Å². The number of likely N-dealkylation sites (tertiary alicyclic amines) is 1. The number of hydrogen-bond acceptors (Lipinski definition) is 6. The van der Waals surface area contributed by atoms with E-state index in [9.17, 15) is 0 Å². The maximum absolute atomic E-state index is 8.95. The van der Waals surface area contributed by atoms with Crippen LogP contribution in [0.5, 0.6) is 0 Å². The third-order valence-corrected chi connectivity index (χ3v) is 7.29. The van der Waals surface area contributed by atoms with Crippen LogP contribution in [0, 0.1) is 16.7 Å². The Hall–Kier alpha value is -1.26. The molecule has 2 aromatic heterocycles. The van der Waals surface area contributed by atoms with Crippen molar-refractivity contribution in [1.82, 2.24) is 14.8 Å².